The number of unbranched alkanes of at least 4 members (excludes halogenated alkanes) is 16. The molecule has 0 aromatic heterocycles. The first-order chi connectivity index (χ1) is 26.0. The number of ether oxygens (including phenoxy) is 2. The van der Waals surface area contributed by atoms with Crippen molar-refractivity contribution in [2.45, 2.75) is 174 Å². The zero-order valence-corrected chi connectivity index (χ0v) is 36.0. The minimum atomic E-state index is -4.63. The lowest BCUT2D eigenvalue weighted by molar-refractivity contribution is -0.870. The van der Waals surface area contributed by atoms with Gasteiger partial charge < -0.3 is 27.9 Å². The summed E-state index contributed by atoms with van der Waals surface area (Å²) in [7, 11) is 1.13. The molecule has 0 aliphatic carbocycles. The minimum absolute atomic E-state index is 0.0394. The van der Waals surface area contributed by atoms with Crippen LogP contribution in [0.1, 0.15) is 168 Å². The number of hydrogen-bond donors (Lipinski definition) is 0. The highest BCUT2D eigenvalue weighted by Crippen LogP contribution is 2.38. The molecule has 1 unspecified atom stereocenters. The van der Waals surface area contributed by atoms with E-state index >= 15 is 0 Å². The molecule has 54 heavy (non-hydrogen) atoms. The topological polar surface area (TPSA) is 111 Å². The van der Waals surface area contributed by atoms with Gasteiger partial charge >= 0.3 is 11.9 Å². The van der Waals surface area contributed by atoms with Gasteiger partial charge in [0.25, 0.3) is 7.82 Å². The number of likely N-dealkylation sites (N-methyl/N-ethyl adjacent to an activating group) is 1. The lowest BCUT2D eigenvalue weighted by Gasteiger charge is -2.28. The summed E-state index contributed by atoms with van der Waals surface area (Å²) in [5.41, 5.74) is 0. The highest BCUT2D eigenvalue weighted by atomic mass is 31.2. The maximum atomic E-state index is 12.6. The molecular formula is C44H80NO8P. The predicted molar refractivity (Wildman–Crippen MR) is 222 cm³/mol. The standard InChI is InChI=1S/C44H80NO8P/c1-6-8-10-12-14-16-18-20-22-24-26-28-30-32-34-36-43(46)50-40-42(41-52-54(48,49)51-39-38-45(3,4)5)53-44(47)37-35-33-31-29-27-25-23-21-19-17-15-13-11-9-7-2/h9,11,15,17,21,23,27,29,42H,6-8,10,12-14,16,18-20,22,24-26,28,30-41H2,1-5H3/b11-9-,17-15-,23-21-,29-27-/t42-/m1/s1. The minimum Gasteiger partial charge on any atom is -0.756 e. The van der Waals surface area contributed by atoms with Gasteiger partial charge in [-0.05, 0) is 51.4 Å². The highest BCUT2D eigenvalue weighted by molar-refractivity contribution is 7.45. The Morgan fingerprint density at radius 1 is 0.593 bits per heavy atom. The van der Waals surface area contributed by atoms with Crippen molar-refractivity contribution < 1.29 is 42.1 Å². The highest BCUT2D eigenvalue weighted by Gasteiger charge is 2.21. The third-order valence-corrected chi connectivity index (χ3v) is 9.83. The average molecular weight is 782 g/mol. The van der Waals surface area contributed by atoms with E-state index in [1.165, 1.54) is 77.0 Å². The van der Waals surface area contributed by atoms with Crippen LogP contribution in [0.2, 0.25) is 0 Å². The van der Waals surface area contributed by atoms with Crippen molar-refractivity contribution in [3.63, 3.8) is 0 Å². The fourth-order valence-corrected chi connectivity index (χ4v) is 6.26. The molecule has 9 nitrogen and oxygen atoms in total. The fourth-order valence-electron chi connectivity index (χ4n) is 5.53. The number of allylic oxidation sites excluding steroid dienone is 8. The van der Waals surface area contributed by atoms with Gasteiger partial charge in [0, 0.05) is 12.8 Å². The van der Waals surface area contributed by atoms with Crippen LogP contribution in [0.5, 0.6) is 0 Å². The molecule has 0 saturated carbocycles. The van der Waals surface area contributed by atoms with E-state index in [1.807, 2.05) is 21.1 Å². The van der Waals surface area contributed by atoms with Crippen LogP contribution in [0.25, 0.3) is 0 Å². The molecule has 0 aliphatic heterocycles. The van der Waals surface area contributed by atoms with E-state index in [2.05, 4.69) is 62.5 Å². The Bertz CT molecular complexity index is 1070. The predicted octanol–water partition coefficient (Wildman–Crippen LogP) is 11.3. The van der Waals surface area contributed by atoms with Gasteiger partial charge in [-0.15, -0.1) is 0 Å². The van der Waals surface area contributed by atoms with Crippen LogP contribution in [-0.4, -0.2) is 70.0 Å². The maximum absolute atomic E-state index is 12.6. The van der Waals surface area contributed by atoms with Crippen molar-refractivity contribution in [2.24, 2.45) is 0 Å². The monoisotopic (exact) mass is 782 g/mol. The van der Waals surface area contributed by atoms with Gasteiger partial charge in [0.15, 0.2) is 6.10 Å². The molecule has 0 rings (SSSR count). The molecule has 0 bridgehead atoms. The number of quaternary nitrogens is 1. The van der Waals surface area contributed by atoms with E-state index in [1.54, 1.807) is 0 Å². The number of nitrogens with zero attached hydrogens (tertiary/aromatic N) is 1. The Morgan fingerprint density at radius 3 is 1.57 bits per heavy atom. The molecule has 0 aromatic rings. The number of hydrogen-bond acceptors (Lipinski definition) is 8. The second-order valence-corrected chi connectivity index (χ2v) is 16.7. The van der Waals surface area contributed by atoms with E-state index in [9.17, 15) is 19.0 Å². The van der Waals surface area contributed by atoms with Crippen molar-refractivity contribution in [1.29, 1.82) is 0 Å². The van der Waals surface area contributed by atoms with Crippen molar-refractivity contribution in [3.05, 3.63) is 48.6 Å². The second-order valence-electron chi connectivity index (χ2n) is 15.3. The molecule has 0 heterocycles. The molecule has 0 saturated heterocycles. The van der Waals surface area contributed by atoms with E-state index in [0.717, 1.165) is 57.8 Å². The lowest BCUT2D eigenvalue weighted by Crippen LogP contribution is -2.37. The summed E-state index contributed by atoms with van der Waals surface area (Å²) in [6, 6.07) is 0. The van der Waals surface area contributed by atoms with Crippen molar-refractivity contribution in [3.8, 4) is 0 Å². The molecule has 0 N–H and O–H groups in total. The van der Waals surface area contributed by atoms with Gasteiger partial charge in [-0.25, -0.2) is 0 Å². The van der Waals surface area contributed by atoms with Crippen LogP contribution in [0.4, 0.5) is 0 Å². The number of esters is 2. The molecule has 10 heteroatoms. The summed E-state index contributed by atoms with van der Waals surface area (Å²) in [6.45, 7) is 4.06. The molecule has 0 radical (unpaired) electrons. The zero-order valence-electron chi connectivity index (χ0n) is 35.2. The molecule has 0 amide bonds. The van der Waals surface area contributed by atoms with Crippen molar-refractivity contribution in [1.82, 2.24) is 0 Å². The third-order valence-electron chi connectivity index (χ3n) is 8.86. The van der Waals surface area contributed by atoms with Crippen LogP contribution in [-0.2, 0) is 32.7 Å². The second kappa shape index (κ2) is 36.6. The Labute approximate surface area is 331 Å². The van der Waals surface area contributed by atoms with Crippen LogP contribution < -0.4 is 4.89 Å². The molecule has 314 valence electrons. The zero-order chi connectivity index (χ0) is 40.0. The molecular weight excluding hydrogens is 701 g/mol. The quantitative estimate of drug-likeness (QED) is 0.0200. The van der Waals surface area contributed by atoms with Gasteiger partial charge in [-0.3, -0.25) is 14.2 Å². The summed E-state index contributed by atoms with van der Waals surface area (Å²) >= 11 is 0. The maximum Gasteiger partial charge on any atom is 0.306 e. The van der Waals surface area contributed by atoms with Crippen molar-refractivity contribution >= 4 is 19.8 Å². The van der Waals surface area contributed by atoms with Crippen LogP contribution >= 0.6 is 7.82 Å². The summed E-state index contributed by atoms with van der Waals surface area (Å²) in [5, 5.41) is 0. The van der Waals surface area contributed by atoms with E-state index in [-0.39, 0.29) is 26.1 Å². The molecule has 0 aliphatic rings. The first-order valence-corrected chi connectivity index (χ1v) is 22.8. The van der Waals surface area contributed by atoms with E-state index in [0.29, 0.717) is 17.4 Å². The average Bonchev–Trinajstić information content (AvgIpc) is 3.12. The SMILES string of the molecule is CC/C=C\C/C=C\C/C=C\C/C=C\CCCCC(=O)O[C@H](COC(=O)CCCCCCCCCCCCCCCCC)COP(=O)([O-])OCC[N+](C)(C)C. The summed E-state index contributed by atoms with van der Waals surface area (Å²) in [4.78, 5) is 37.5. The van der Waals surface area contributed by atoms with E-state index in [4.69, 9.17) is 18.5 Å². The van der Waals surface area contributed by atoms with Gasteiger partial charge in [-0.2, -0.15) is 0 Å². The van der Waals surface area contributed by atoms with Crippen LogP contribution in [0.3, 0.4) is 0 Å². The Balaban J connectivity index is 4.44. The van der Waals surface area contributed by atoms with Crippen molar-refractivity contribution in [2.75, 3.05) is 47.5 Å². The fraction of sp³-hybridized carbons (Fsp3) is 0.773. The number of carbonyl (C=O) groups excluding carboxylic acids is 2. The number of rotatable bonds is 38. The summed E-state index contributed by atoms with van der Waals surface area (Å²) < 4.78 is 33.8. The first kappa shape index (κ1) is 52.0. The van der Waals surface area contributed by atoms with Gasteiger partial charge in [-0.1, -0.05) is 152 Å². The number of phosphoric ester groups is 1. The van der Waals surface area contributed by atoms with Gasteiger partial charge in [0.05, 0.1) is 27.7 Å². The van der Waals surface area contributed by atoms with E-state index < -0.39 is 32.5 Å². The largest absolute Gasteiger partial charge is 0.756 e. The molecule has 0 spiro atoms. The lowest BCUT2D eigenvalue weighted by atomic mass is 10.0. The Hall–Kier alpha value is -2.03. The molecule has 0 aromatic carbocycles. The number of phosphoric acid groups is 1. The smallest absolute Gasteiger partial charge is 0.306 e. The first-order valence-electron chi connectivity index (χ1n) is 21.3. The Kier molecular flexibility index (Phi) is 35.2. The van der Waals surface area contributed by atoms with Gasteiger partial charge in [0.2, 0.25) is 0 Å². The molecule has 2 atom stereocenters. The van der Waals surface area contributed by atoms with Gasteiger partial charge in [0.1, 0.15) is 19.8 Å². The number of carbonyl (C=O) groups is 2. The Morgan fingerprint density at radius 2 is 1.06 bits per heavy atom. The molecule has 0 fully saturated rings. The third kappa shape index (κ3) is 39.7. The summed E-state index contributed by atoms with van der Waals surface area (Å²) in [5.74, 6) is -0.882. The normalized spacial score (nSPS) is 14.1. The van der Waals surface area contributed by atoms with Crippen LogP contribution in [0.15, 0.2) is 48.6 Å². The summed E-state index contributed by atoms with van der Waals surface area (Å²) in [6.07, 6.45) is 41.4. The van der Waals surface area contributed by atoms with Crippen LogP contribution in [0, 0.1) is 0 Å².